The van der Waals surface area contributed by atoms with Crippen LogP contribution < -0.4 is 15.5 Å². The third-order valence-corrected chi connectivity index (χ3v) is 4.01. The Balaban J connectivity index is 2.08. The number of rotatable bonds is 3. The summed E-state index contributed by atoms with van der Waals surface area (Å²) in [6.45, 7) is 8.28. The summed E-state index contributed by atoms with van der Waals surface area (Å²) < 4.78 is 0. The number of hydrogen-bond acceptors (Lipinski definition) is 0. The van der Waals surface area contributed by atoms with Crippen molar-refractivity contribution in [3.8, 4) is 0 Å². The molecule has 94 valence electrons. The van der Waals surface area contributed by atoms with Crippen LogP contribution in [0, 0.1) is 6.92 Å². The van der Waals surface area contributed by atoms with Crippen LogP contribution in [0.1, 0.15) is 17.2 Å². The van der Waals surface area contributed by atoms with Gasteiger partial charge >= 0.3 is 0 Å². The highest BCUT2D eigenvalue weighted by atomic mass is 15.3. The first-order valence-electron chi connectivity index (χ1n) is 6.72. The van der Waals surface area contributed by atoms with E-state index in [1.807, 2.05) is 0 Å². The van der Waals surface area contributed by atoms with E-state index in [2.05, 4.69) is 44.0 Å². The molecule has 0 spiro atoms. The minimum atomic E-state index is 0.587. The quantitative estimate of drug-likeness (QED) is 0.528. The van der Waals surface area contributed by atoms with Crippen molar-refractivity contribution < 1.29 is 15.5 Å². The first kappa shape index (κ1) is 12.6. The molecule has 5 N–H and O–H groups in total. The Bertz CT molecular complexity index is 339. The number of quaternary nitrogens is 3. The highest BCUT2D eigenvalue weighted by molar-refractivity contribution is 5.22. The van der Waals surface area contributed by atoms with E-state index in [9.17, 15) is 0 Å². The van der Waals surface area contributed by atoms with Crippen LogP contribution in [0.15, 0.2) is 24.3 Å². The maximum Gasteiger partial charge on any atom is 0.163 e. The van der Waals surface area contributed by atoms with Crippen LogP contribution in [0.5, 0.6) is 0 Å². The number of piperazine rings is 1. The van der Waals surface area contributed by atoms with Gasteiger partial charge in [0.05, 0.1) is 7.05 Å². The summed E-state index contributed by atoms with van der Waals surface area (Å²) in [6.07, 6.45) is 0. The van der Waals surface area contributed by atoms with Gasteiger partial charge < -0.3 is 15.5 Å². The molecule has 1 fully saturated rings. The van der Waals surface area contributed by atoms with E-state index in [0.29, 0.717) is 6.04 Å². The molecule has 1 aromatic carbocycles. The summed E-state index contributed by atoms with van der Waals surface area (Å²) >= 11 is 0. The fourth-order valence-electron chi connectivity index (χ4n) is 2.75. The van der Waals surface area contributed by atoms with E-state index in [0.717, 1.165) is 6.54 Å². The van der Waals surface area contributed by atoms with Gasteiger partial charge in [0.1, 0.15) is 32.7 Å². The van der Waals surface area contributed by atoms with E-state index >= 15 is 0 Å². The highest BCUT2D eigenvalue weighted by Crippen LogP contribution is 2.09. The average molecular weight is 236 g/mol. The molecule has 0 aromatic heterocycles. The maximum absolute atomic E-state index is 4.15. The van der Waals surface area contributed by atoms with Gasteiger partial charge in [0.25, 0.3) is 0 Å². The van der Waals surface area contributed by atoms with Gasteiger partial charge in [-0.25, -0.2) is 0 Å². The smallest absolute Gasteiger partial charge is 0.163 e. The van der Waals surface area contributed by atoms with E-state index in [-0.39, 0.29) is 0 Å². The van der Waals surface area contributed by atoms with Gasteiger partial charge in [-0.15, -0.1) is 0 Å². The predicted molar refractivity (Wildman–Crippen MR) is 69.0 cm³/mol. The number of nitrogens with one attached hydrogen (secondary N) is 2. The summed E-state index contributed by atoms with van der Waals surface area (Å²) in [6, 6.07) is 9.59. The van der Waals surface area contributed by atoms with Gasteiger partial charge in [-0.2, -0.15) is 0 Å². The van der Waals surface area contributed by atoms with Crippen LogP contribution >= 0.6 is 0 Å². The van der Waals surface area contributed by atoms with Crippen molar-refractivity contribution >= 4 is 0 Å². The van der Waals surface area contributed by atoms with Crippen LogP contribution in [0.3, 0.4) is 0 Å². The standard InChI is InChI=1S/C14H23N3/c1-12-3-5-13(6-4-12)14(11-15)17-9-7-16(2)8-10-17/h3-6,14H,7-11,15H2,1-2H3/p+3/t14-/m1/s1. The van der Waals surface area contributed by atoms with Crippen molar-refractivity contribution in [1.82, 2.24) is 0 Å². The Kier molecular flexibility index (Phi) is 4.15. The lowest BCUT2D eigenvalue weighted by Crippen LogP contribution is -3.27. The molecule has 0 saturated carbocycles. The predicted octanol–water partition coefficient (Wildman–Crippen LogP) is -2.31. The molecule has 3 heteroatoms. The zero-order valence-corrected chi connectivity index (χ0v) is 11.1. The molecule has 1 atom stereocenters. The normalized spacial score (nSPS) is 26.8. The summed E-state index contributed by atoms with van der Waals surface area (Å²) in [7, 11) is 2.29. The lowest BCUT2D eigenvalue weighted by molar-refractivity contribution is -1.02. The summed E-state index contributed by atoms with van der Waals surface area (Å²) in [5.74, 6) is 0. The van der Waals surface area contributed by atoms with Crippen molar-refractivity contribution in [2.45, 2.75) is 13.0 Å². The molecule has 0 unspecified atom stereocenters. The Labute approximate surface area is 104 Å². The number of hydrogen-bond donors (Lipinski definition) is 3. The van der Waals surface area contributed by atoms with Gasteiger partial charge in [-0.1, -0.05) is 29.8 Å². The first-order valence-corrected chi connectivity index (χ1v) is 6.72. The molecule has 1 aromatic rings. The van der Waals surface area contributed by atoms with Crippen LogP contribution in [-0.4, -0.2) is 39.8 Å². The van der Waals surface area contributed by atoms with E-state index in [1.54, 1.807) is 9.80 Å². The largest absolute Gasteiger partial charge is 0.352 e. The molecule has 3 nitrogen and oxygen atoms in total. The van der Waals surface area contributed by atoms with E-state index < -0.39 is 0 Å². The Hall–Kier alpha value is -0.900. The van der Waals surface area contributed by atoms with Crippen molar-refractivity contribution in [2.24, 2.45) is 0 Å². The number of aryl methyl sites for hydroxylation is 1. The van der Waals surface area contributed by atoms with Gasteiger partial charge in [-0.3, -0.25) is 0 Å². The van der Waals surface area contributed by atoms with Crippen molar-refractivity contribution in [1.29, 1.82) is 0 Å². The van der Waals surface area contributed by atoms with Crippen LogP contribution in [-0.2, 0) is 0 Å². The van der Waals surface area contributed by atoms with E-state index in [4.69, 9.17) is 0 Å². The molecule has 17 heavy (non-hydrogen) atoms. The average Bonchev–Trinajstić information content (AvgIpc) is 2.35. The second-order valence-corrected chi connectivity index (χ2v) is 5.37. The highest BCUT2D eigenvalue weighted by Gasteiger charge is 2.29. The molecule has 0 bridgehead atoms. The zero-order chi connectivity index (χ0) is 12.3. The third-order valence-electron chi connectivity index (χ3n) is 4.01. The number of benzene rings is 1. The van der Waals surface area contributed by atoms with Crippen LogP contribution in [0.4, 0.5) is 0 Å². The Morgan fingerprint density at radius 1 is 1.12 bits per heavy atom. The molecule has 1 aliphatic heterocycles. The lowest BCUT2D eigenvalue weighted by atomic mass is 10.0. The topological polar surface area (TPSA) is 36.5 Å². The fourth-order valence-corrected chi connectivity index (χ4v) is 2.75. The maximum atomic E-state index is 4.15. The molecular formula is C14H26N3+3. The molecular weight excluding hydrogens is 210 g/mol. The van der Waals surface area contributed by atoms with E-state index in [1.165, 1.54) is 37.3 Å². The molecule has 1 heterocycles. The minimum Gasteiger partial charge on any atom is -0.352 e. The minimum absolute atomic E-state index is 0.587. The molecule has 0 aliphatic carbocycles. The van der Waals surface area contributed by atoms with Gasteiger partial charge in [-0.05, 0) is 6.92 Å². The monoisotopic (exact) mass is 236 g/mol. The van der Waals surface area contributed by atoms with Crippen LogP contribution in [0.2, 0.25) is 0 Å². The first-order chi connectivity index (χ1) is 8.20. The molecule has 2 rings (SSSR count). The lowest BCUT2D eigenvalue weighted by Gasteiger charge is -2.32. The van der Waals surface area contributed by atoms with Gasteiger partial charge in [0, 0.05) is 5.56 Å². The Morgan fingerprint density at radius 2 is 1.71 bits per heavy atom. The second kappa shape index (κ2) is 5.63. The molecule has 0 amide bonds. The van der Waals surface area contributed by atoms with Crippen molar-refractivity contribution in [3.63, 3.8) is 0 Å². The summed E-state index contributed by atoms with van der Waals surface area (Å²) in [4.78, 5) is 3.38. The van der Waals surface area contributed by atoms with Crippen molar-refractivity contribution in [3.05, 3.63) is 35.4 Å². The fraction of sp³-hybridized carbons (Fsp3) is 0.571. The zero-order valence-electron chi connectivity index (χ0n) is 11.1. The van der Waals surface area contributed by atoms with Gasteiger partial charge in [0.2, 0.25) is 0 Å². The molecule has 0 radical (unpaired) electrons. The summed E-state index contributed by atoms with van der Waals surface area (Å²) in [5, 5.41) is 0. The molecule has 1 saturated heterocycles. The Morgan fingerprint density at radius 3 is 2.24 bits per heavy atom. The van der Waals surface area contributed by atoms with Gasteiger partial charge in [0.15, 0.2) is 6.04 Å². The SMILES string of the molecule is Cc1ccc([C@@H](C[NH3+])[NH+]2CC[NH+](C)CC2)cc1. The number of likely N-dealkylation sites (N-methyl/N-ethyl adjacent to an activating group) is 1. The third kappa shape index (κ3) is 3.06. The second-order valence-electron chi connectivity index (χ2n) is 5.37. The summed E-state index contributed by atoms with van der Waals surface area (Å²) in [5.41, 5.74) is 6.95. The molecule has 1 aliphatic rings. The van der Waals surface area contributed by atoms with Crippen LogP contribution in [0.25, 0.3) is 0 Å². The van der Waals surface area contributed by atoms with Crippen molar-refractivity contribution in [2.75, 3.05) is 39.8 Å².